The lowest BCUT2D eigenvalue weighted by atomic mass is 9.95. The van der Waals surface area contributed by atoms with Crippen molar-refractivity contribution in [3.05, 3.63) is 66.4 Å². The number of nitrogens with one attached hydrogen (secondary N) is 2. The first-order chi connectivity index (χ1) is 13.4. The second-order valence-corrected chi connectivity index (χ2v) is 7.80. The number of ether oxygens (including phenoxy) is 1. The largest absolute Gasteiger partial charge is 0.491 e. The normalized spacial score (nSPS) is 21.8. The third kappa shape index (κ3) is 3.74. The van der Waals surface area contributed by atoms with E-state index >= 15 is 0 Å². The molecule has 0 bridgehead atoms. The number of anilines is 1. The first kappa shape index (κ1) is 18.5. The van der Waals surface area contributed by atoms with Crippen LogP contribution in [0.5, 0.6) is 5.75 Å². The SMILES string of the molecule is CC(C)(O)COc1ccc(C2=CN(c3ccccc3)C3C(=O)NCNC23)cc1. The van der Waals surface area contributed by atoms with E-state index in [1.807, 2.05) is 59.5 Å². The van der Waals surface area contributed by atoms with Crippen molar-refractivity contribution in [2.45, 2.75) is 31.5 Å². The van der Waals surface area contributed by atoms with Gasteiger partial charge in [-0.25, -0.2) is 0 Å². The van der Waals surface area contributed by atoms with Crippen LogP contribution in [0.4, 0.5) is 5.69 Å². The van der Waals surface area contributed by atoms with Crippen LogP contribution >= 0.6 is 0 Å². The number of hydrogen-bond donors (Lipinski definition) is 3. The third-order valence-corrected chi connectivity index (χ3v) is 4.92. The molecule has 0 saturated carbocycles. The number of para-hydroxylation sites is 1. The fraction of sp³-hybridized carbons (Fsp3) is 0.318. The molecule has 146 valence electrons. The molecule has 2 heterocycles. The van der Waals surface area contributed by atoms with Gasteiger partial charge >= 0.3 is 0 Å². The lowest BCUT2D eigenvalue weighted by Crippen LogP contribution is -2.61. The minimum atomic E-state index is -0.880. The van der Waals surface area contributed by atoms with E-state index in [1.165, 1.54) is 0 Å². The number of carbonyl (C=O) groups excluding carboxylic acids is 1. The van der Waals surface area contributed by atoms with Gasteiger partial charge in [-0.05, 0) is 49.2 Å². The van der Waals surface area contributed by atoms with Gasteiger partial charge in [0.15, 0.2) is 0 Å². The fourth-order valence-corrected chi connectivity index (χ4v) is 3.59. The molecule has 2 aliphatic rings. The first-order valence-corrected chi connectivity index (χ1v) is 9.44. The van der Waals surface area contributed by atoms with Crippen LogP contribution in [0.25, 0.3) is 5.57 Å². The van der Waals surface area contributed by atoms with Crippen molar-refractivity contribution in [1.29, 1.82) is 0 Å². The summed E-state index contributed by atoms with van der Waals surface area (Å²) >= 11 is 0. The Hall–Kier alpha value is -2.83. The summed E-state index contributed by atoms with van der Waals surface area (Å²) in [5, 5.41) is 16.1. The molecule has 0 aliphatic carbocycles. The minimum absolute atomic E-state index is 0.0176. The molecule has 2 aliphatic heterocycles. The van der Waals surface area contributed by atoms with Crippen LogP contribution in [0.2, 0.25) is 0 Å². The molecule has 3 N–H and O–H groups in total. The highest BCUT2D eigenvalue weighted by atomic mass is 16.5. The zero-order chi connectivity index (χ0) is 19.7. The van der Waals surface area contributed by atoms with Crippen molar-refractivity contribution in [1.82, 2.24) is 10.6 Å². The lowest BCUT2D eigenvalue weighted by Gasteiger charge is -2.33. The molecule has 1 fully saturated rings. The highest BCUT2D eigenvalue weighted by Gasteiger charge is 2.43. The monoisotopic (exact) mass is 379 g/mol. The molecule has 1 saturated heterocycles. The summed E-state index contributed by atoms with van der Waals surface area (Å²) in [5.74, 6) is 0.722. The van der Waals surface area contributed by atoms with Gasteiger partial charge in [-0.3, -0.25) is 10.1 Å². The number of nitrogens with zero attached hydrogens (tertiary/aromatic N) is 1. The Morgan fingerprint density at radius 1 is 1.14 bits per heavy atom. The van der Waals surface area contributed by atoms with Crippen molar-refractivity contribution < 1.29 is 14.6 Å². The van der Waals surface area contributed by atoms with E-state index in [9.17, 15) is 9.90 Å². The molecular weight excluding hydrogens is 354 g/mol. The van der Waals surface area contributed by atoms with Gasteiger partial charge in [-0.15, -0.1) is 0 Å². The summed E-state index contributed by atoms with van der Waals surface area (Å²) < 4.78 is 5.64. The molecule has 2 aromatic carbocycles. The van der Waals surface area contributed by atoms with Gasteiger partial charge in [-0.1, -0.05) is 30.3 Å². The Labute approximate surface area is 164 Å². The first-order valence-electron chi connectivity index (χ1n) is 9.44. The summed E-state index contributed by atoms with van der Waals surface area (Å²) in [5.41, 5.74) is 2.20. The molecule has 6 nitrogen and oxygen atoms in total. The van der Waals surface area contributed by atoms with E-state index in [0.29, 0.717) is 12.4 Å². The van der Waals surface area contributed by atoms with Crippen LogP contribution in [0.3, 0.4) is 0 Å². The van der Waals surface area contributed by atoms with Gasteiger partial charge in [0.25, 0.3) is 0 Å². The van der Waals surface area contributed by atoms with Gasteiger partial charge in [0.05, 0.1) is 18.3 Å². The Balaban J connectivity index is 1.61. The van der Waals surface area contributed by atoms with Crippen LogP contribution < -0.4 is 20.3 Å². The smallest absolute Gasteiger partial charge is 0.246 e. The highest BCUT2D eigenvalue weighted by molar-refractivity contribution is 5.95. The number of rotatable bonds is 5. The Bertz CT molecular complexity index is 872. The predicted octanol–water partition coefficient (Wildman–Crippen LogP) is 2.11. The highest BCUT2D eigenvalue weighted by Crippen LogP contribution is 2.35. The van der Waals surface area contributed by atoms with E-state index in [1.54, 1.807) is 13.8 Å². The molecule has 28 heavy (non-hydrogen) atoms. The molecule has 0 radical (unpaired) electrons. The number of fused-ring (bicyclic) bond motifs is 1. The van der Waals surface area contributed by atoms with Crippen LogP contribution in [0, 0.1) is 0 Å². The summed E-state index contributed by atoms with van der Waals surface area (Å²) in [6.45, 7) is 4.10. The second-order valence-electron chi connectivity index (χ2n) is 7.80. The summed E-state index contributed by atoms with van der Waals surface area (Å²) in [7, 11) is 0. The van der Waals surface area contributed by atoms with Gasteiger partial charge in [0.2, 0.25) is 5.91 Å². The third-order valence-electron chi connectivity index (χ3n) is 4.92. The molecule has 0 spiro atoms. The standard InChI is InChI=1S/C22H25N3O3/c1-22(2,27)13-28-17-10-8-15(9-11-17)18-12-25(16-6-4-3-5-7-16)20-19(18)23-14-24-21(20)26/h3-12,19-20,23,27H,13-14H2,1-2H3,(H,24,26). The molecule has 4 rings (SSSR count). The maximum absolute atomic E-state index is 12.6. The van der Waals surface area contributed by atoms with E-state index in [0.717, 1.165) is 16.8 Å². The van der Waals surface area contributed by atoms with Crippen molar-refractivity contribution in [3.8, 4) is 5.75 Å². The Morgan fingerprint density at radius 3 is 2.54 bits per heavy atom. The average Bonchev–Trinajstić information content (AvgIpc) is 3.08. The second kappa shape index (κ2) is 7.30. The van der Waals surface area contributed by atoms with Crippen LogP contribution in [-0.4, -0.2) is 42.0 Å². The lowest BCUT2D eigenvalue weighted by molar-refractivity contribution is -0.123. The van der Waals surface area contributed by atoms with Crippen molar-refractivity contribution in [3.63, 3.8) is 0 Å². The molecule has 2 atom stereocenters. The van der Waals surface area contributed by atoms with Crippen molar-refractivity contribution >= 4 is 17.2 Å². The summed E-state index contributed by atoms with van der Waals surface area (Å²) in [6.07, 6.45) is 2.05. The molecule has 6 heteroatoms. The van der Waals surface area contributed by atoms with E-state index in [2.05, 4.69) is 16.8 Å². The van der Waals surface area contributed by atoms with E-state index in [4.69, 9.17) is 4.74 Å². The Morgan fingerprint density at radius 2 is 1.86 bits per heavy atom. The Kier molecular flexibility index (Phi) is 4.83. The van der Waals surface area contributed by atoms with Gasteiger partial charge < -0.3 is 20.1 Å². The number of benzene rings is 2. The van der Waals surface area contributed by atoms with E-state index in [-0.39, 0.29) is 24.6 Å². The minimum Gasteiger partial charge on any atom is -0.491 e. The maximum Gasteiger partial charge on any atom is 0.246 e. The molecule has 1 amide bonds. The number of amides is 1. The summed E-state index contributed by atoms with van der Waals surface area (Å²) in [6, 6.07) is 17.3. The fourth-order valence-electron chi connectivity index (χ4n) is 3.59. The molecule has 0 aromatic heterocycles. The molecule has 2 aromatic rings. The number of hydrogen-bond acceptors (Lipinski definition) is 5. The zero-order valence-corrected chi connectivity index (χ0v) is 16.1. The van der Waals surface area contributed by atoms with Gasteiger partial charge in [-0.2, -0.15) is 0 Å². The average molecular weight is 379 g/mol. The van der Waals surface area contributed by atoms with Crippen LogP contribution in [0.15, 0.2) is 60.8 Å². The van der Waals surface area contributed by atoms with Gasteiger partial charge in [0.1, 0.15) is 18.4 Å². The van der Waals surface area contributed by atoms with E-state index < -0.39 is 5.60 Å². The van der Waals surface area contributed by atoms with Crippen molar-refractivity contribution in [2.75, 3.05) is 18.2 Å². The summed E-state index contributed by atoms with van der Waals surface area (Å²) in [4.78, 5) is 14.6. The number of carbonyl (C=O) groups is 1. The molecular formula is C22H25N3O3. The zero-order valence-electron chi connectivity index (χ0n) is 16.1. The van der Waals surface area contributed by atoms with Crippen LogP contribution in [0.1, 0.15) is 19.4 Å². The van der Waals surface area contributed by atoms with Crippen molar-refractivity contribution in [2.24, 2.45) is 0 Å². The van der Waals surface area contributed by atoms with Gasteiger partial charge in [0, 0.05) is 11.9 Å². The maximum atomic E-state index is 12.6. The topological polar surface area (TPSA) is 73.8 Å². The quantitative estimate of drug-likeness (QED) is 0.742. The number of aliphatic hydroxyl groups is 1. The van der Waals surface area contributed by atoms with Crippen LogP contribution in [-0.2, 0) is 4.79 Å². The molecule has 2 unspecified atom stereocenters. The predicted molar refractivity (Wildman–Crippen MR) is 109 cm³/mol.